The van der Waals surface area contributed by atoms with Crippen molar-refractivity contribution in [2.45, 2.75) is 26.3 Å². The molecule has 1 unspecified atom stereocenters. The molecule has 0 aliphatic carbocycles. The predicted octanol–water partition coefficient (Wildman–Crippen LogP) is 4.43. The normalized spacial score (nSPS) is 11.7. The monoisotopic (exact) mass is 283 g/mol. The van der Waals surface area contributed by atoms with Gasteiger partial charge in [0.25, 0.3) is 0 Å². The molecule has 110 valence electrons. The fourth-order valence-corrected chi connectivity index (χ4v) is 2.22. The van der Waals surface area contributed by atoms with Crippen molar-refractivity contribution in [3.8, 4) is 0 Å². The van der Waals surface area contributed by atoms with E-state index < -0.39 is 0 Å². The fourth-order valence-electron chi connectivity index (χ4n) is 2.22. The maximum absolute atomic E-state index is 11.6. The number of hydrogen-bond acceptors (Lipinski definition) is 3. The molecule has 0 spiro atoms. The summed E-state index contributed by atoms with van der Waals surface area (Å²) in [5, 5.41) is 3.49. The van der Waals surface area contributed by atoms with Gasteiger partial charge in [-0.25, -0.2) is 4.79 Å². The van der Waals surface area contributed by atoms with E-state index in [-0.39, 0.29) is 12.0 Å². The van der Waals surface area contributed by atoms with Crippen LogP contribution in [0.15, 0.2) is 54.6 Å². The maximum atomic E-state index is 11.6. The smallest absolute Gasteiger partial charge is 0.338 e. The Bertz CT molecular complexity index is 564. The highest BCUT2D eigenvalue weighted by molar-refractivity contribution is 5.89. The number of esters is 1. The van der Waals surface area contributed by atoms with Gasteiger partial charge in [0.2, 0.25) is 0 Å². The van der Waals surface area contributed by atoms with Gasteiger partial charge in [-0.2, -0.15) is 0 Å². The van der Waals surface area contributed by atoms with Crippen LogP contribution in [0.1, 0.15) is 42.2 Å². The second-order valence-corrected chi connectivity index (χ2v) is 4.81. The summed E-state index contributed by atoms with van der Waals surface area (Å²) in [6, 6.07) is 18.0. The quantitative estimate of drug-likeness (QED) is 0.797. The highest BCUT2D eigenvalue weighted by Gasteiger charge is 2.10. The zero-order valence-electron chi connectivity index (χ0n) is 12.5. The Morgan fingerprint density at radius 3 is 2.29 bits per heavy atom. The molecule has 21 heavy (non-hydrogen) atoms. The summed E-state index contributed by atoms with van der Waals surface area (Å²) in [7, 11) is 0. The van der Waals surface area contributed by atoms with E-state index in [0.29, 0.717) is 12.2 Å². The van der Waals surface area contributed by atoms with E-state index in [1.54, 1.807) is 19.1 Å². The highest BCUT2D eigenvalue weighted by atomic mass is 16.5. The number of carbonyl (C=O) groups excluding carboxylic acids is 1. The van der Waals surface area contributed by atoms with Crippen molar-refractivity contribution < 1.29 is 9.53 Å². The van der Waals surface area contributed by atoms with Crippen molar-refractivity contribution in [1.29, 1.82) is 0 Å². The molecule has 0 bridgehead atoms. The van der Waals surface area contributed by atoms with Gasteiger partial charge in [0.15, 0.2) is 0 Å². The van der Waals surface area contributed by atoms with Crippen molar-refractivity contribution in [1.82, 2.24) is 0 Å². The van der Waals surface area contributed by atoms with Gasteiger partial charge >= 0.3 is 5.97 Å². The van der Waals surface area contributed by atoms with Crippen molar-refractivity contribution in [3.63, 3.8) is 0 Å². The summed E-state index contributed by atoms with van der Waals surface area (Å²) < 4.78 is 4.98. The minimum absolute atomic E-state index is 0.264. The van der Waals surface area contributed by atoms with Crippen LogP contribution in [0.2, 0.25) is 0 Å². The molecule has 0 aromatic heterocycles. The summed E-state index contributed by atoms with van der Waals surface area (Å²) in [6.07, 6.45) is 0.990. The van der Waals surface area contributed by atoms with E-state index in [2.05, 4.69) is 24.4 Å². The highest BCUT2D eigenvalue weighted by Crippen LogP contribution is 2.22. The van der Waals surface area contributed by atoms with Crippen molar-refractivity contribution in [3.05, 3.63) is 65.7 Å². The molecule has 0 saturated carbocycles. The molecule has 0 amide bonds. The molecule has 3 heteroatoms. The number of anilines is 1. The van der Waals surface area contributed by atoms with E-state index in [4.69, 9.17) is 4.74 Å². The van der Waals surface area contributed by atoms with Crippen LogP contribution < -0.4 is 5.32 Å². The third kappa shape index (κ3) is 4.09. The standard InChI is InChI=1S/C18H21NO2/c1-3-17(14-8-6-5-7-9-14)19-16-12-10-15(11-13-16)18(20)21-4-2/h5-13,17,19H,3-4H2,1-2H3. The van der Waals surface area contributed by atoms with Crippen LogP contribution in [0.25, 0.3) is 0 Å². The van der Waals surface area contributed by atoms with E-state index in [1.165, 1.54) is 5.56 Å². The molecule has 0 radical (unpaired) electrons. The number of ether oxygens (including phenoxy) is 1. The van der Waals surface area contributed by atoms with Gasteiger partial charge in [-0.05, 0) is 43.2 Å². The Balaban J connectivity index is 2.07. The topological polar surface area (TPSA) is 38.3 Å². The molecule has 0 fully saturated rings. The number of nitrogens with one attached hydrogen (secondary N) is 1. The van der Waals surface area contributed by atoms with E-state index >= 15 is 0 Å². The third-order valence-corrected chi connectivity index (χ3v) is 3.35. The molecule has 0 saturated heterocycles. The van der Waals surface area contributed by atoms with Crippen LogP contribution in [-0.2, 0) is 4.74 Å². The van der Waals surface area contributed by atoms with Crippen molar-refractivity contribution >= 4 is 11.7 Å². The zero-order valence-corrected chi connectivity index (χ0v) is 12.5. The Kier molecular flexibility index (Phi) is 5.38. The minimum Gasteiger partial charge on any atom is -0.462 e. The van der Waals surface area contributed by atoms with Gasteiger partial charge in [-0.3, -0.25) is 0 Å². The first kappa shape index (κ1) is 15.1. The molecular weight excluding hydrogens is 262 g/mol. The number of benzene rings is 2. The lowest BCUT2D eigenvalue weighted by Gasteiger charge is -2.19. The van der Waals surface area contributed by atoms with Crippen molar-refractivity contribution in [2.24, 2.45) is 0 Å². The zero-order chi connectivity index (χ0) is 15.1. The van der Waals surface area contributed by atoms with Gasteiger partial charge in [-0.15, -0.1) is 0 Å². The number of rotatable bonds is 6. The largest absolute Gasteiger partial charge is 0.462 e. The third-order valence-electron chi connectivity index (χ3n) is 3.35. The first-order chi connectivity index (χ1) is 10.2. The lowest BCUT2D eigenvalue weighted by atomic mass is 10.0. The molecule has 0 heterocycles. The van der Waals surface area contributed by atoms with Crippen LogP contribution in [0.5, 0.6) is 0 Å². The SMILES string of the molecule is CCOC(=O)c1ccc(NC(CC)c2ccccc2)cc1. The van der Waals surface area contributed by atoms with Gasteiger partial charge in [-0.1, -0.05) is 37.3 Å². The van der Waals surface area contributed by atoms with E-state index in [1.807, 2.05) is 30.3 Å². The molecule has 2 aromatic carbocycles. The van der Waals surface area contributed by atoms with Crippen LogP contribution in [-0.4, -0.2) is 12.6 Å². The second-order valence-electron chi connectivity index (χ2n) is 4.81. The lowest BCUT2D eigenvalue weighted by molar-refractivity contribution is 0.0526. The van der Waals surface area contributed by atoms with Crippen molar-refractivity contribution in [2.75, 3.05) is 11.9 Å². The van der Waals surface area contributed by atoms with Crippen LogP contribution in [0, 0.1) is 0 Å². The average Bonchev–Trinajstić information content (AvgIpc) is 2.54. The molecule has 0 aliphatic heterocycles. The Hall–Kier alpha value is -2.29. The minimum atomic E-state index is -0.279. The summed E-state index contributed by atoms with van der Waals surface area (Å²) >= 11 is 0. The molecule has 2 aromatic rings. The lowest BCUT2D eigenvalue weighted by Crippen LogP contribution is -2.10. The van der Waals surface area contributed by atoms with Crippen LogP contribution >= 0.6 is 0 Å². The Labute approximate surface area is 126 Å². The molecular formula is C18H21NO2. The molecule has 1 N–H and O–H groups in total. The van der Waals surface area contributed by atoms with E-state index in [0.717, 1.165) is 12.1 Å². The first-order valence-electron chi connectivity index (χ1n) is 7.33. The molecule has 3 nitrogen and oxygen atoms in total. The maximum Gasteiger partial charge on any atom is 0.338 e. The Morgan fingerprint density at radius 1 is 1.05 bits per heavy atom. The molecule has 1 atom stereocenters. The second kappa shape index (κ2) is 7.48. The van der Waals surface area contributed by atoms with Gasteiger partial charge in [0.1, 0.15) is 0 Å². The molecule has 2 rings (SSSR count). The summed E-state index contributed by atoms with van der Waals surface area (Å²) in [5.41, 5.74) is 2.84. The van der Waals surface area contributed by atoms with Crippen LogP contribution in [0.3, 0.4) is 0 Å². The van der Waals surface area contributed by atoms with Gasteiger partial charge in [0, 0.05) is 5.69 Å². The number of hydrogen-bond donors (Lipinski definition) is 1. The van der Waals surface area contributed by atoms with Crippen LogP contribution in [0.4, 0.5) is 5.69 Å². The molecule has 0 aliphatic rings. The predicted molar refractivity (Wildman–Crippen MR) is 85.5 cm³/mol. The van der Waals surface area contributed by atoms with E-state index in [9.17, 15) is 4.79 Å². The fraction of sp³-hybridized carbons (Fsp3) is 0.278. The summed E-state index contributed by atoms with van der Waals surface area (Å²) in [4.78, 5) is 11.6. The summed E-state index contributed by atoms with van der Waals surface area (Å²) in [5.74, 6) is -0.279. The van der Waals surface area contributed by atoms with Gasteiger partial charge < -0.3 is 10.1 Å². The summed E-state index contributed by atoms with van der Waals surface area (Å²) in [6.45, 7) is 4.35. The number of carbonyl (C=O) groups is 1. The van der Waals surface area contributed by atoms with Gasteiger partial charge in [0.05, 0.1) is 18.2 Å². The average molecular weight is 283 g/mol. The Morgan fingerprint density at radius 2 is 1.71 bits per heavy atom. The first-order valence-corrected chi connectivity index (χ1v) is 7.33.